The van der Waals surface area contributed by atoms with E-state index in [0.29, 0.717) is 13.2 Å². The number of hydrogen-bond acceptors (Lipinski definition) is 2. The van der Waals surface area contributed by atoms with E-state index in [4.69, 9.17) is 4.74 Å². The highest BCUT2D eigenvalue weighted by Crippen LogP contribution is 2.25. The minimum absolute atomic E-state index is 0.0301. The molecule has 0 unspecified atom stereocenters. The zero-order chi connectivity index (χ0) is 9.84. The molecular weight excluding hydrogens is 166 g/mol. The largest absolute Gasteiger partial charge is 0.373 e. The molecule has 0 spiro atoms. The summed E-state index contributed by atoms with van der Waals surface area (Å²) in [4.78, 5) is 11.5. The van der Waals surface area contributed by atoms with E-state index in [9.17, 15) is 4.79 Å². The molecule has 1 fully saturated rings. The summed E-state index contributed by atoms with van der Waals surface area (Å²) in [5.74, 6) is 0.0606. The summed E-state index contributed by atoms with van der Waals surface area (Å²) in [6.07, 6.45) is 0.732. The summed E-state index contributed by atoms with van der Waals surface area (Å²) < 4.78 is 5.43. The van der Waals surface area contributed by atoms with Gasteiger partial charge in [0.15, 0.2) is 0 Å². The molecule has 0 bridgehead atoms. The molecule has 1 N–H and O–H groups in total. The lowest BCUT2D eigenvalue weighted by Gasteiger charge is -2.17. The molecule has 0 radical (unpaired) electrons. The number of nitrogens with one attached hydrogen (secondary N) is 1. The third kappa shape index (κ3) is 2.31. The average molecular weight is 183 g/mol. The van der Waals surface area contributed by atoms with Crippen LogP contribution in [0.2, 0.25) is 0 Å². The molecule has 3 heteroatoms. The fourth-order valence-electron chi connectivity index (χ4n) is 1.65. The van der Waals surface area contributed by atoms with Gasteiger partial charge in [-0.3, -0.25) is 4.79 Å². The van der Waals surface area contributed by atoms with Crippen molar-refractivity contribution in [3.8, 4) is 0 Å². The molecule has 0 saturated carbocycles. The van der Waals surface area contributed by atoms with Gasteiger partial charge >= 0.3 is 0 Å². The average Bonchev–Trinajstić information content (AvgIpc) is 2.52. The second-order valence-electron chi connectivity index (χ2n) is 3.43. The molecule has 0 aliphatic carbocycles. The van der Waals surface area contributed by atoms with Crippen molar-refractivity contribution in [3.63, 3.8) is 0 Å². The van der Waals surface area contributed by atoms with E-state index in [0.717, 1.165) is 12.0 Å². The van der Waals surface area contributed by atoms with Crippen molar-refractivity contribution in [1.82, 2.24) is 5.32 Å². The second-order valence-corrected chi connectivity index (χ2v) is 3.43. The fourth-order valence-corrected chi connectivity index (χ4v) is 1.65. The SMILES string of the molecule is C=C(C)[C@H]1OCC[C@H]1C(=O)NCC. The third-order valence-corrected chi connectivity index (χ3v) is 2.27. The first-order valence-corrected chi connectivity index (χ1v) is 4.71. The lowest BCUT2D eigenvalue weighted by molar-refractivity contribution is -0.125. The molecule has 13 heavy (non-hydrogen) atoms. The molecule has 1 heterocycles. The lowest BCUT2D eigenvalue weighted by atomic mass is 9.96. The van der Waals surface area contributed by atoms with E-state index < -0.39 is 0 Å². The maximum atomic E-state index is 11.5. The smallest absolute Gasteiger partial charge is 0.226 e. The molecule has 1 amide bonds. The maximum Gasteiger partial charge on any atom is 0.226 e. The highest BCUT2D eigenvalue weighted by atomic mass is 16.5. The molecule has 1 aliphatic heterocycles. The summed E-state index contributed by atoms with van der Waals surface area (Å²) in [5.41, 5.74) is 0.939. The Hall–Kier alpha value is -0.830. The predicted molar refractivity (Wildman–Crippen MR) is 51.3 cm³/mol. The van der Waals surface area contributed by atoms with Crippen LogP contribution < -0.4 is 5.32 Å². The molecule has 0 aromatic carbocycles. The molecule has 3 nitrogen and oxygen atoms in total. The zero-order valence-electron chi connectivity index (χ0n) is 8.30. The second kappa shape index (κ2) is 4.42. The topological polar surface area (TPSA) is 38.3 Å². The summed E-state index contributed by atoms with van der Waals surface area (Å²) in [5, 5.41) is 2.81. The van der Waals surface area contributed by atoms with Crippen LogP contribution in [0.25, 0.3) is 0 Å². The summed E-state index contributed by atoms with van der Waals surface area (Å²) in [7, 11) is 0. The van der Waals surface area contributed by atoms with Gasteiger partial charge in [0.05, 0.1) is 12.0 Å². The number of rotatable bonds is 3. The Morgan fingerprint density at radius 2 is 2.38 bits per heavy atom. The summed E-state index contributed by atoms with van der Waals surface area (Å²) in [6, 6.07) is 0. The van der Waals surface area contributed by atoms with Gasteiger partial charge in [0, 0.05) is 13.2 Å². The van der Waals surface area contributed by atoms with Gasteiger partial charge in [-0.25, -0.2) is 0 Å². The normalized spacial score (nSPS) is 27.2. The Kier molecular flexibility index (Phi) is 3.48. The first kappa shape index (κ1) is 10.3. The fraction of sp³-hybridized carbons (Fsp3) is 0.700. The molecule has 74 valence electrons. The number of carbonyl (C=O) groups is 1. The Morgan fingerprint density at radius 3 is 2.92 bits per heavy atom. The van der Waals surface area contributed by atoms with Gasteiger partial charge in [0.2, 0.25) is 5.91 Å². The van der Waals surface area contributed by atoms with E-state index in [2.05, 4.69) is 11.9 Å². The number of hydrogen-bond donors (Lipinski definition) is 1. The number of carbonyl (C=O) groups excluding carboxylic acids is 1. The van der Waals surface area contributed by atoms with Gasteiger partial charge in [-0.15, -0.1) is 0 Å². The minimum atomic E-state index is -0.0773. The Bertz CT molecular complexity index is 213. The lowest BCUT2D eigenvalue weighted by Crippen LogP contribution is -2.35. The molecule has 1 aliphatic rings. The van der Waals surface area contributed by atoms with Crippen LogP contribution in [0.1, 0.15) is 20.3 Å². The Morgan fingerprint density at radius 1 is 1.69 bits per heavy atom. The van der Waals surface area contributed by atoms with Gasteiger partial charge in [-0.2, -0.15) is 0 Å². The van der Waals surface area contributed by atoms with Crippen molar-refractivity contribution in [3.05, 3.63) is 12.2 Å². The predicted octanol–water partition coefficient (Wildman–Crippen LogP) is 1.10. The van der Waals surface area contributed by atoms with Crippen molar-refractivity contribution in [2.45, 2.75) is 26.4 Å². The van der Waals surface area contributed by atoms with Crippen LogP contribution in [0.4, 0.5) is 0 Å². The molecule has 2 atom stereocenters. The van der Waals surface area contributed by atoms with Crippen LogP contribution >= 0.6 is 0 Å². The molecule has 0 aromatic heterocycles. The molecule has 0 aromatic rings. The van der Waals surface area contributed by atoms with Crippen LogP contribution in [0.5, 0.6) is 0 Å². The van der Waals surface area contributed by atoms with Crippen LogP contribution in [0, 0.1) is 5.92 Å². The monoisotopic (exact) mass is 183 g/mol. The maximum absolute atomic E-state index is 11.5. The van der Waals surface area contributed by atoms with E-state index in [1.165, 1.54) is 0 Å². The highest BCUT2D eigenvalue weighted by molar-refractivity contribution is 5.79. The van der Waals surface area contributed by atoms with Crippen LogP contribution in [-0.4, -0.2) is 25.2 Å². The third-order valence-electron chi connectivity index (χ3n) is 2.27. The van der Waals surface area contributed by atoms with Gasteiger partial charge in [0.1, 0.15) is 0 Å². The highest BCUT2D eigenvalue weighted by Gasteiger charge is 2.33. The Labute approximate surface area is 79.2 Å². The van der Waals surface area contributed by atoms with Crippen molar-refractivity contribution in [1.29, 1.82) is 0 Å². The van der Waals surface area contributed by atoms with Crippen LogP contribution in [-0.2, 0) is 9.53 Å². The summed E-state index contributed by atoms with van der Waals surface area (Å²) >= 11 is 0. The quantitative estimate of drug-likeness (QED) is 0.665. The summed E-state index contributed by atoms with van der Waals surface area (Å²) in [6.45, 7) is 8.99. The Balaban J connectivity index is 2.57. The molecule has 1 rings (SSSR count). The van der Waals surface area contributed by atoms with Gasteiger partial charge in [0.25, 0.3) is 0 Å². The van der Waals surface area contributed by atoms with Crippen molar-refractivity contribution < 1.29 is 9.53 Å². The van der Waals surface area contributed by atoms with E-state index in [1.807, 2.05) is 13.8 Å². The van der Waals surface area contributed by atoms with Gasteiger partial charge in [-0.1, -0.05) is 12.2 Å². The van der Waals surface area contributed by atoms with Gasteiger partial charge < -0.3 is 10.1 Å². The number of ether oxygens (including phenoxy) is 1. The first-order valence-electron chi connectivity index (χ1n) is 4.71. The van der Waals surface area contributed by atoms with Crippen molar-refractivity contribution in [2.24, 2.45) is 5.92 Å². The van der Waals surface area contributed by atoms with E-state index >= 15 is 0 Å². The van der Waals surface area contributed by atoms with Crippen molar-refractivity contribution >= 4 is 5.91 Å². The van der Waals surface area contributed by atoms with Crippen molar-refractivity contribution in [2.75, 3.05) is 13.2 Å². The molecule has 1 saturated heterocycles. The minimum Gasteiger partial charge on any atom is -0.373 e. The first-order chi connectivity index (χ1) is 6.16. The van der Waals surface area contributed by atoms with Gasteiger partial charge in [-0.05, 0) is 20.3 Å². The number of amides is 1. The van der Waals surface area contributed by atoms with E-state index in [1.54, 1.807) is 0 Å². The van der Waals surface area contributed by atoms with Crippen LogP contribution in [0.15, 0.2) is 12.2 Å². The zero-order valence-corrected chi connectivity index (χ0v) is 8.30. The molecular formula is C10H17NO2. The standard InChI is InChI=1S/C10H17NO2/c1-4-11-10(12)8-5-6-13-9(8)7(2)3/h8-9H,2,4-6H2,1,3H3,(H,11,12)/t8-,9-/m1/s1. The van der Waals surface area contributed by atoms with E-state index in [-0.39, 0.29) is 17.9 Å². The van der Waals surface area contributed by atoms with Crippen LogP contribution in [0.3, 0.4) is 0 Å².